The molecule has 8 heteroatoms. The third-order valence-electron chi connectivity index (χ3n) is 3.86. The van der Waals surface area contributed by atoms with Gasteiger partial charge in [-0.2, -0.15) is 0 Å². The summed E-state index contributed by atoms with van der Waals surface area (Å²) in [5.74, 6) is -1.03. The molecule has 0 aliphatic heterocycles. The summed E-state index contributed by atoms with van der Waals surface area (Å²) in [4.78, 5) is 12.3. The third-order valence-corrected chi connectivity index (χ3v) is 5.91. The summed E-state index contributed by atoms with van der Waals surface area (Å²) in [7, 11) is -3.91. The van der Waals surface area contributed by atoms with Crippen molar-refractivity contribution in [3.63, 3.8) is 0 Å². The van der Waals surface area contributed by atoms with Gasteiger partial charge in [0.05, 0.1) is 10.6 Å². The molecule has 0 aliphatic carbocycles. The highest BCUT2D eigenvalue weighted by Crippen LogP contribution is 2.26. The molecule has 5 nitrogen and oxygen atoms in total. The highest BCUT2D eigenvalue weighted by molar-refractivity contribution is 9.10. The average Bonchev–Trinajstić information content (AvgIpc) is 2.64. The van der Waals surface area contributed by atoms with Gasteiger partial charge in [0.2, 0.25) is 0 Å². The summed E-state index contributed by atoms with van der Waals surface area (Å²) in [6, 6.07) is 16.3. The standard InChI is InChI=1S/C20H16BrFN2O3S/c1-13-8-9-18(21)19(10-13)24-28(26,27)17-7-2-4-14(11-17)20(25)23-16-6-3-5-15(22)12-16/h2-12,24H,1H3,(H,23,25). The average molecular weight is 463 g/mol. The number of hydrogen-bond donors (Lipinski definition) is 2. The molecule has 0 spiro atoms. The van der Waals surface area contributed by atoms with Crippen molar-refractivity contribution in [3.05, 3.63) is 88.1 Å². The van der Waals surface area contributed by atoms with Crippen LogP contribution < -0.4 is 10.0 Å². The molecule has 0 aromatic heterocycles. The Labute approximate surface area is 170 Å². The molecule has 0 saturated heterocycles. The quantitative estimate of drug-likeness (QED) is 0.563. The summed E-state index contributed by atoms with van der Waals surface area (Å²) in [6.45, 7) is 1.85. The lowest BCUT2D eigenvalue weighted by atomic mass is 10.2. The van der Waals surface area contributed by atoms with E-state index in [1.165, 1.54) is 42.5 Å². The Hall–Kier alpha value is -2.71. The largest absolute Gasteiger partial charge is 0.322 e. The molecule has 0 fully saturated rings. The van der Waals surface area contributed by atoms with Crippen LogP contribution >= 0.6 is 15.9 Å². The van der Waals surface area contributed by atoms with E-state index in [0.717, 1.165) is 5.56 Å². The summed E-state index contributed by atoms with van der Waals surface area (Å²) in [5, 5.41) is 2.54. The van der Waals surface area contributed by atoms with Crippen LogP contribution in [0.25, 0.3) is 0 Å². The van der Waals surface area contributed by atoms with Crippen LogP contribution in [0.3, 0.4) is 0 Å². The number of carbonyl (C=O) groups excluding carboxylic acids is 1. The second kappa shape index (κ2) is 8.12. The van der Waals surface area contributed by atoms with E-state index in [2.05, 4.69) is 26.0 Å². The molecular weight excluding hydrogens is 447 g/mol. The van der Waals surface area contributed by atoms with Gasteiger partial charge >= 0.3 is 0 Å². The molecule has 0 saturated carbocycles. The van der Waals surface area contributed by atoms with E-state index in [1.807, 2.05) is 13.0 Å². The van der Waals surface area contributed by atoms with Crippen molar-refractivity contribution < 1.29 is 17.6 Å². The first-order valence-electron chi connectivity index (χ1n) is 8.20. The van der Waals surface area contributed by atoms with Crippen LogP contribution in [0.4, 0.5) is 15.8 Å². The molecule has 0 radical (unpaired) electrons. The zero-order chi connectivity index (χ0) is 20.3. The highest BCUT2D eigenvalue weighted by Gasteiger charge is 2.18. The Balaban J connectivity index is 1.85. The minimum atomic E-state index is -3.91. The number of aryl methyl sites for hydroxylation is 1. The van der Waals surface area contributed by atoms with E-state index < -0.39 is 21.7 Å². The normalized spacial score (nSPS) is 11.1. The number of carbonyl (C=O) groups is 1. The van der Waals surface area contributed by atoms with Crippen LogP contribution in [0.15, 0.2) is 76.1 Å². The lowest BCUT2D eigenvalue weighted by Gasteiger charge is -2.12. The summed E-state index contributed by atoms with van der Waals surface area (Å²) in [5.41, 5.74) is 1.70. The Morgan fingerprint density at radius 1 is 1.00 bits per heavy atom. The molecule has 2 N–H and O–H groups in total. The second-order valence-corrected chi connectivity index (χ2v) is 8.62. The topological polar surface area (TPSA) is 75.3 Å². The van der Waals surface area contributed by atoms with Gasteiger partial charge in [-0.25, -0.2) is 12.8 Å². The molecule has 28 heavy (non-hydrogen) atoms. The van der Waals surface area contributed by atoms with E-state index in [-0.39, 0.29) is 16.1 Å². The van der Waals surface area contributed by atoms with Gasteiger partial charge in [0.15, 0.2) is 0 Å². The van der Waals surface area contributed by atoms with E-state index in [9.17, 15) is 17.6 Å². The summed E-state index contributed by atoms with van der Waals surface area (Å²) >= 11 is 3.31. The molecule has 1 amide bonds. The van der Waals surface area contributed by atoms with Crippen LogP contribution in [0, 0.1) is 12.7 Å². The van der Waals surface area contributed by atoms with Gasteiger partial charge in [-0.05, 0) is 76.9 Å². The number of sulfonamides is 1. The number of rotatable bonds is 5. The monoisotopic (exact) mass is 462 g/mol. The van der Waals surface area contributed by atoms with Crippen LogP contribution in [-0.2, 0) is 10.0 Å². The van der Waals surface area contributed by atoms with Crippen molar-refractivity contribution in [1.82, 2.24) is 0 Å². The predicted octanol–water partition coefficient (Wildman–Crippen LogP) is 4.95. The van der Waals surface area contributed by atoms with E-state index >= 15 is 0 Å². The van der Waals surface area contributed by atoms with Crippen molar-refractivity contribution in [2.45, 2.75) is 11.8 Å². The van der Waals surface area contributed by atoms with Gasteiger partial charge in [0, 0.05) is 15.7 Å². The van der Waals surface area contributed by atoms with Gasteiger partial charge in [0.1, 0.15) is 5.82 Å². The fraction of sp³-hybridized carbons (Fsp3) is 0.0500. The summed E-state index contributed by atoms with van der Waals surface area (Å²) < 4.78 is 41.8. The zero-order valence-corrected chi connectivity index (χ0v) is 17.1. The SMILES string of the molecule is Cc1ccc(Br)c(NS(=O)(=O)c2cccc(C(=O)Nc3cccc(F)c3)c2)c1. The minimum absolute atomic E-state index is 0.0622. The number of anilines is 2. The molecule has 3 aromatic carbocycles. The number of halogens is 2. The van der Waals surface area contributed by atoms with Gasteiger partial charge in [0.25, 0.3) is 15.9 Å². The second-order valence-electron chi connectivity index (χ2n) is 6.08. The fourth-order valence-electron chi connectivity index (χ4n) is 2.50. The molecule has 3 rings (SSSR count). The molecule has 144 valence electrons. The van der Waals surface area contributed by atoms with Crippen LogP contribution in [0.1, 0.15) is 15.9 Å². The van der Waals surface area contributed by atoms with Gasteiger partial charge in [-0.1, -0.05) is 18.2 Å². The molecule has 0 heterocycles. The van der Waals surface area contributed by atoms with Gasteiger partial charge in [-0.3, -0.25) is 9.52 Å². The number of hydrogen-bond acceptors (Lipinski definition) is 3. The Kier molecular flexibility index (Phi) is 5.81. The predicted molar refractivity (Wildman–Crippen MR) is 110 cm³/mol. The lowest BCUT2D eigenvalue weighted by Crippen LogP contribution is -2.16. The van der Waals surface area contributed by atoms with Crippen molar-refractivity contribution in [2.75, 3.05) is 10.0 Å². The van der Waals surface area contributed by atoms with E-state index in [4.69, 9.17) is 0 Å². The number of nitrogens with one attached hydrogen (secondary N) is 2. The molecule has 0 aliphatic rings. The number of benzene rings is 3. The Bertz CT molecular complexity index is 1150. The minimum Gasteiger partial charge on any atom is -0.322 e. The van der Waals surface area contributed by atoms with Gasteiger partial charge in [-0.15, -0.1) is 0 Å². The van der Waals surface area contributed by atoms with Crippen molar-refractivity contribution >= 4 is 43.2 Å². The van der Waals surface area contributed by atoms with Crippen molar-refractivity contribution in [1.29, 1.82) is 0 Å². The smallest absolute Gasteiger partial charge is 0.261 e. The first-order chi connectivity index (χ1) is 13.2. The Morgan fingerprint density at radius 3 is 2.50 bits per heavy atom. The molecule has 0 unspecified atom stereocenters. The molecular formula is C20H16BrFN2O3S. The number of amides is 1. The van der Waals surface area contributed by atoms with E-state index in [0.29, 0.717) is 10.2 Å². The van der Waals surface area contributed by atoms with Crippen LogP contribution in [0.5, 0.6) is 0 Å². The first kappa shape index (κ1) is 20.0. The maximum absolute atomic E-state index is 13.3. The third kappa shape index (κ3) is 4.76. The van der Waals surface area contributed by atoms with Crippen molar-refractivity contribution in [2.24, 2.45) is 0 Å². The van der Waals surface area contributed by atoms with Crippen molar-refractivity contribution in [3.8, 4) is 0 Å². The molecule has 3 aromatic rings. The lowest BCUT2D eigenvalue weighted by molar-refractivity contribution is 0.102. The molecule has 0 bridgehead atoms. The molecule has 0 atom stereocenters. The maximum Gasteiger partial charge on any atom is 0.261 e. The van der Waals surface area contributed by atoms with Crippen LogP contribution in [-0.4, -0.2) is 14.3 Å². The maximum atomic E-state index is 13.3. The van der Waals surface area contributed by atoms with Crippen LogP contribution in [0.2, 0.25) is 0 Å². The van der Waals surface area contributed by atoms with Gasteiger partial charge < -0.3 is 5.32 Å². The highest BCUT2D eigenvalue weighted by atomic mass is 79.9. The Morgan fingerprint density at radius 2 is 1.75 bits per heavy atom. The van der Waals surface area contributed by atoms with E-state index in [1.54, 1.807) is 18.2 Å². The fourth-order valence-corrected chi connectivity index (χ4v) is 4.09. The zero-order valence-electron chi connectivity index (χ0n) is 14.7. The first-order valence-corrected chi connectivity index (χ1v) is 10.5. The summed E-state index contributed by atoms with van der Waals surface area (Å²) in [6.07, 6.45) is 0.